The molecule has 178 valence electrons. The molecule has 7 rings (SSSR count). The number of benzene rings is 4. The van der Waals surface area contributed by atoms with Crippen LogP contribution in [0.5, 0.6) is 0 Å². The maximum absolute atomic E-state index is 2.45. The Balaban J connectivity index is 1.43. The van der Waals surface area contributed by atoms with Crippen LogP contribution < -0.4 is 0 Å². The Bertz CT molecular complexity index is 1240. The lowest BCUT2D eigenvalue weighted by Gasteiger charge is -2.32. The van der Waals surface area contributed by atoms with Crippen LogP contribution in [0.25, 0.3) is 0 Å². The number of hydrogen-bond acceptors (Lipinski definition) is 2. The highest BCUT2D eigenvalue weighted by molar-refractivity contribution is 8.06. The third kappa shape index (κ3) is 4.07. The molecule has 0 aromatic heterocycles. The van der Waals surface area contributed by atoms with E-state index in [-0.39, 0.29) is 21.8 Å². The number of hydrogen-bond donors (Lipinski definition) is 0. The standard InChI is InChI=1S/C32H28S4/c1-2-4-22-32(36-29-19-11-7-15-25(29)34-26-16-8-12-20-30(26)36)31(21-3-1)35-27-17-9-5-13-23(27)33-24-14-6-10-18-28(24)35/h1-2,5-20,31-32H,3-4,21-22H2/q+2/b2-1-/t31-,32-/m1/s1. The van der Waals surface area contributed by atoms with Crippen LogP contribution in [0.2, 0.25) is 0 Å². The van der Waals surface area contributed by atoms with E-state index in [1.165, 1.54) is 45.3 Å². The van der Waals surface area contributed by atoms with Gasteiger partial charge < -0.3 is 0 Å². The lowest BCUT2D eigenvalue weighted by Crippen LogP contribution is -2.42. The monoisotopic (exact) mass is 540 g/mol. The van der Waals surface area contributed by atoms with Crippen LogP contribution in [0.1, 0.15) is 25.7 Å². The second kappa shape index (κ2) is 10.1. The first kappa shape index (κ1) is 23.2. The van der Waals surface area contributed by atoms with E-state index in [0.717, 1.165) is 0 Å². The molecule has 0 amide bonds. The molecule has 0 spiro atoms. The van der Waals surface area contributed by atoms with E-state index in [2.05, 4.69) is 109 Å². The molecule has 4 aromatic rings. The number of allylic oxidation sites excluding steroid dienone is 2. The van der Waals surface area contributed by atoms with E-state index in [1.54, 1.807) is 19.6 Å². The summed E-state index contributed by atoms with van der Waals surface area (Å²) in [7, 11) is 0.121. The van der Waals surface area contributed by atoms with Gasteiger partial charge in [0.25, 0.3) is 0 Å². The van der Waals surface area contributed by atoms with Crippen molar-refractivity contribution in [2.45, 2.75) is 75.3 Å². The van der Waals surface area contributed by atoms with Crippen molar-refractivity contribution in [3.05, 3.63) is 109 Å². The van der Waals surface area contributed by atoms with Crippen molar-refractivity contribution < 1.29 is 0 Å². The second-order valence-corrected chi connectivity index (χ2v) is 15.9. The summed E-state index contributed by atoms with van der Waals surface area (Å²) in [6.45, 7) is 0. The molecule has 0 radical (unpaired) electrons. The van der Waals surface area contributed by atoms with Gasteiger partial charge in [0.05, 0.1) is 41.4 Å². The second-order valence-electron chi connectivity index (χ2n) is 9.37. The number of fused-ring (bicyclic) bond motifs is 4. The van der Waals surface area contributed by atoms with Crippen molar-refractivity contribution in [2.75, 3.05) is 0 Å². The maximum Gasteiger partial charge on any atom is 0.177 e. The Morgan fingerprint density at radius 1 is 0.444 bits per heavy atom. The molecule has 4 heteroatoms. The Hall–Kier alpha value is -1.98. The van der Waals surface area contributed by atoms with E-state index in [1.807, 2.05) is 23.5 Å². The van der Waals surface area contributed by atoms with Gasteiger partial charge in [0.1, 0.15) is 0 Å². The molecule has 0 saturated carbocycles. The minimum atomic E-state index is 0.0603. The van der Waals surface area contributed by atoms with Crippen LogP contribution in [0.4, 0.5) is 0 Å². The van der Waals surface area contributed by atoms with Crippen LogP contribution in [0.15, 0.2) is 148 Å². The molecule has 4 aromatic carbocycles. The lowest BCUT2D eigenvalue weighted by atomic mass is 10.1. The SMILES string of the molecule is C1=C\CC[C@@H]([S+]2c3ccccc3Sc3ccccc32)[C@H]([S+]2c3ccccc3Sc3ccccc32)CC/1. The van der Waals surface area contributed by atoms with Crippen LogP contribution in [-0.4, -0.2) is 10.5 Å². The van der Waals surface area contributed by atoms with E-state index < -0.39 is 0 Å². The third-order valence-corrected chi connectivity index (χ3v) is 15.9. The van der Waals surface area contributed by atoms with Gasteiger partial charge in [-0.15, -0.1) is 0 Å². The molecule has 0 saturated heterocycles. The van der Waals surface area contributed by atoms with E-state index in [9.17, 15) is 0 Å². The Labute approximate surface area is 228 Å². The van der Waals surface area contributed by atoms with E-state index >= 15 is 0 Å². The molecule has 2 aliphatic heterocycles. The molecule has 0 nitrogen and oxygen atoms in total. The third-order valence-electron chi connectivity index (χ3n) is 7.21. The van der Waals surface area contributed by atoms with Gasteiger partial charge in [0.15, 0.2) is 30.1 Å². The first-order valence-electron chi connectivity index (χ1n) is 12.7. The summed E-state index contributed by atoms with van der Waals surface area (Å²) >= 11 is 3.93. The van der Waals surface area contributed by atoms with Gasteiger partial charge in [-0.25, -0.2) is 0 Å². The summed E-state index contributed by atoms with van der Waals surface area (Å²) in [6, 6.07) is 37.0. The average Bonchev–Trinajstić information content (AvgIpc) is 2.91. The summed E-state index contributed by atoms with van der Waals surface area (Å²) < 4.78 is 0. The normalized spacial score (nSPS) is 22.3. The summed E-state index contributed by atoms with van der Waals surface area (Å²) in [4.78, 5) is 12.1. The summed E-state index contributed by atoms with van der Waals surface area (Å²) in [5.41, 5.74) is 0. The van der Waals surface area contributed by atoms with Crippen LogP contribution >= 0.6 is 23.5 Å². The Kier molecular flexibility index (Phi) is 6.47. The largest absolute Gasteiger partial charge is 0.177 e. The molecule has 36 heavy (non-hydrogen) atoms. The lowest BCUT2D eigenvalue weighted by molar-refractivity contribution is 0.653. The van der Waals surface area contributed by atoms with Crippen molar-refractivity contribution in [1.29, 1.82) is 0 Å². The van der Waals surface area contributed by atoms with Crippen molar-refractivity contribution in [1.82, 2.24) is 0 Å². The molecular weight excluding hydrogens is 513 g/mol. The summed E-state index contributed by atoms with van der Waals surface area (Å²) in [5, 5.41) is 1.23. The topological polar surface area (TPSA) is 0 Å². The molecular formula is C32H28S4+2. The van der Waals surface area contributed by atoms with Crippen molar-refractivity contribution in [3.63, 3.8) is 0 Å². The zero-order chi connectivity index (χ0) is 23.9. The average molecular weight is 541 g/mol. The minimum Gasteiger partial charge on any atom is -0.0883 e. The molecule has 2 atom stereocenters. The smallest absolute Gasteiger partial charge is 0.0883 e. The fourth-order valence-electron chi connectivity index (χ4n) is 5.66. The Morgan fingerprint density at radius 2 is 0.750 bits per heavy atom. The fourth-order valence-corrected chi connectivity index (χ4v) is 15.1. The predicted molar refractivity (Wildman–Crippen MR) is 157 cm³/mol. The molecule has 1 aliphatic carbocycles. The van der Waals surface area contributed by atoms with Crippen molar-refractivity contribution in [2.24, 2.45) is 0 Å². The van der Waals surface area contributed by atoms with Gasteiger partial charge in [-0.1, -0.05) is 84.2 Å². The molecule has 0 fully saturated rings. The summed E-state index contributed by atoms with van der Waals surface area (Å²) in [6.07, 6.45) is 9.75. The van der Waals surface area contributed by atoms with E-state index in [0.29, 0.717) is 10.5 Å². The van der Waals surface area contributed by atoms with Crippen LogP contribution in [0, 0.1) is 0 Å². The highest BCUT2D eigenvalue weighted by Gasteiger charge is 2.54. The van der Waals surface area contributed by atoms with Gasteiger partial charge in [-0.05, 0) is 61.4 Å². The van der Waals surface area contributed by atoms with Gasteiger partial charge in [0.2, 0.25) is 0 Å². The zero-order valence-corrected chi connectivity index (χ0v) is 23.3. The molecule has 3 aliphatic rings. The first-order chi connectivity index (χ1) is 17.9. The van der Waals surface area contributed by atoms with Crippen LogP contribution in [-0.2, 0) is 21.8 Å². The zero-order valence-electron chi connectivity index (χ0n) is 20.0. The predicted octanol–water partition coefficient (Wildman–Crippen LogP) is 9.26. The maximum atomic E-state index is 2.45. The molecule has 0 unspecified atom stereocenters. The van der Waals surface area contributed by atoms with Crippen molar-refractivity contribution >= 4 is 45.3 Å². The minimum absolute atomic E-state index is 0.0603. The van der Waals surface area contributed by atoms with Crippen LogP contribution in [0.3, 0.4) is 0 Å². The highest BCUT2D eigenvalue weighted by Crippen LogP contribution is 2.53. The quantitative estimate of drug-likeness (QED) is 0.184. The molecule has 0 bridgehead atoms. The van der Waals surface area contributed by atoms with Gasteiger partial charge in [-0.2, -0.15) is 0 Å². The first-order valence-corrected chi connectivity index (χ1v) is 16.9. The Morgan fingerprint density at radius 3 is 1.08 bits per heavy atom. The van der Waals surface area contributed by atoms with Crippen molar-refractivity contribution in [3.8, 4) is 0 Å². The summed E-state index contributed by atoms with van der Waals surface area (Å²) in [5.74, 6) is 0. The van der Waals surface area contributed by atoms with Gasteiger partial charge >= 0.3 is 0 Å². The van der Waals surface area contributed by atoms with E-state index in [4.69, 9.17) is 0 Å². The fraction of sp³-hybridized carbons (Fsp3) is 0.188. The van der Waals surface area contributed by atoms with Gasteiger partial charge in [0, 0.05) is 12.8 Å². The molecule has 2 heterocycles. The van der Waals surface area contributed by atoms with Gasteiger partial charge in [-0.3, -0.25) is 0 Å². The highest BCUT2D eigenvalue weighted by atomic mass is 32.2. The number of rotatable bonds is 2. The molecule has 0 N–H and O–H groups in total.